The molecule has 0 fully saturated rings. The standard InChI is InChI=1S/C17H17BrO3/c1-11-12(2)16(8-7-15(11)18)21-10-14-5-3-13(4-6-14)9-17(19)20/h3-8H,9-10H2,1-2H3,(H,19,20). The average Bonchev–Trinajstić information content (AvgIpc) is 2.45. The number of aliphatic carboxylic acids is 1. The van der Waals surface area contributed by atoms with Crippen LogP contribution in [-0.2, 0) is 17.8 Å². The maximum Gasteiger partial charge on any atom is 0.307 e. The highest BCUT2D eigenvalue weighted by Crippen LogP contribution is 2.28. The van der Waals surface area contributed by atoms with Crippen molar-refractivity contribution in [1.29, 1.82) is 0 Å². The molecule has 0 aliphatic carbocycles. The molecular formula is C17H17BrO3. The van der Waals surface area contributed by atoms with E-state index in [0.717, 1.165) is 26.9 Å². The van der Waals surface area contributed by atoms with Crippen LogP contribution in [0.15, 0.2) is 40.9 Å². The number of hydrogen-bond donors (Lipinski definition) is 1. The fourth-order valence-corrected chi connectivity index (χ4v) is 2.44. The van der Waals surface area contributed by atoms with Crippen LogP contribution in [0.3, 0.4) is 0 Å². The number of carbonyl (C=O) groups is 1. The lowest BCUT2D eigenvalue weighted by Crippen LogP contribution is -2.01. The SMILES string of the molecule is Cc1c(Br)ccc(OCc2ccc(CC(=O)O)cc2)c1C. The van der Waals surface area contributed by atoms with Crippen molar-refractivity contribution in [3.05, 3.63) is 63.1 Å². The van der Waals surface area contributed by atoms with Crippen molar-refractivity contribution in [1.82, 2.24) is 0 Å². The molecule has 2 aromatic carbocycles. The van der Waals surface area contributed by atoms with Crippen LogP contribution >= 0.6 is 15.9 Å². The highest BCUT2D eigenvalue weighted by Gasteiger charge is 2.06. The summed E-state index contributed by atoms with van der Waals surface area (Å²) >= 11 is 3.50. The van der Waals surface area contributed by atoms with Crippen LogP contribution in [0.25, 0.3) is 0 Å². The molecule has 0 atom stereocenters. The zero-order valence-corrected chi connectivity index (χ0v) is 13.6. The number of benzene rings is 2. The summed E-state index contributed by atoms with van der Waals surface area (Å²) in [5.74, 6) is 0.0466. The highest BCUT2D eigenvalue weighted by molar-refractivity contribution is 9.10. The molecule has 2 aromatic rings. The van der Waals surface area contributed by atoms with Crippen molar-refractivity contribution in [3.63, 3.8) is 0 Å². The van der Waals surface area contributed by atoms with Gasteiger partial charge in [-0.05, 0) is 48.2 Å². The molecule has 21 heavy (non-hydrogen) atoms. The van der Waals surface area contributed by atoms with E-state index in [9.17, 15) is 4.79 Å². The summed E-state index contributed by atoms with van der Waals surface area (Å²) in [4.78, 5) is 10.6. The van der Waals surface area contributed by atoms with Crippen molar-refractivity contribution in [3.8, 4) is 5.75 Å². The Morgan fingerprint density at radius 2 is 1.67 bits per heavy atom. The van der Waals surface area contributed by atoms with Gasteiger partial charge >= 0.3 is 5.97 Å². The predicted molar refractivity (Wildman–Crippen MR) is 85.7 cm³/mol. The molecule has 3 nitrogen and oxygen atoms in total. The van der Waals surface area contributed by atoms with E-state index in [2.05, 4.69) is 15.9 Å². The summed E-state index contributed by atoms with van der Waals surface area (Å²) in [7, 11) is 0. The van der Waals surface area contributed by atoms with Crippen molar-refractivity contribution in [2.24, 2.45) is 0 Å². The Hall–Kier alpha value is -1.81. The van der Waals surface area contributed by atoms with Crippen LogP contribution < -0.4 is 4.74 Å². The fraction of sp³-hybridized carbons (Fsp3) is 0.235. The lowest BCUT2D eigenvalue weighted by Gasteiger charge is -2.12. The second kappa shape index (κ2) is 6.76. The molecule has 0 saturated heterocycles. The average molecular weight is 349 g/mol. The largest absolute Gasteiger partial charge is 0.489 e. The molecular weight excluding hydrogens is 332 g/mol. The third-order valence-corrected chi connectivity index (χ3v) is 4.30. The molecule has 0 heterocycles. The third kappa shape index (κ3) is 4.08. The van der Waals surface area contributed by atoms with Gasteiger partial charge in [0, 0.05) is 4.47 Å². The zero-order chi connectivity index (χ0) is 15.4. The minimum absolute atomic E-state index is 0.0478. The zero-order valence-electron chi connectivity index (χ0n) is 12.0. The van der Waals surface area contributed by atoms with E-state index in [0.29, 0.717) is 6.61 Å². The molecule has 0 amide bonds. The minimum atomic E-state index is -0.819. The maximum atomic E-state index is 10.6. The monoisotopic (exact) mass is 348 g/mol. The second-order valence-corrected chi connectivity index (χ2v) is 5.83. The quantitative estimate of drug-likeness (QED) is 0.877. The molecule has 110 valence electrons. The van der Waals surface area contributed by atoms with E-state index in [1.54, 1.807) is 0 Å². The smallest absolute Gasteiger partial charge is 0.307 e. The summed E-state index contributed by atoms with van der Waals surface area (Å²) in [5.41, 5.74) is 4.10. The predicted octanol–water partition coefficient (Wildman–Crippen LogP) is 4.27. The number of hydrogen-bond acceptors (Lipinski definition) is 2. The Kier molecular flexibility index (Phi) is 5.02. The third-order valence-electron chi connectivity index (χ3n) is 3.44. The van der Waals surface area contributed by atoms with Crippen LogP contribution in [0.4, 0.5) is 0 Å². The first-order chi connectivity index (χ1) is 9.97. The maximum absolute atomic E-state index is 10.6. The van der Waals surface area contributed by atoms with Crippen molar-refractivity contribution in [2.45, 2.75) is 26.9 Å². The Morgan fingerprint density at radius 3 is 2.29 bits per heavy atom. The topological polar surface area (TPSA) is 46.5 Å². The van der Waals surface area contributed by atoms with Gasteiger partial charge in [-0.2, -0.15) is 0 Å². The number of carboxylic acids is 1. The van der Waals surface area contributed by atoms with E-state index in [4.69, 9.17) is 9.84 Å². The molecule has 0 radical (unpaired) electrons. The molecule has 0 unspecified atom stereocenters. The van der Waals surface area contributed by atoms with Crippen molar-refractivity contribution < 1.29 is 14.6 Å². The van der Waals surface area contributed by atoms with E-state index >= 15 is 0 Å². The van der Waals surface area contributed by atoms with Gasteiger partial charge in [0.1, 0.15) is 12.4 Å². The number of carboxylic acid groups (broad SMARTS) is 1. The Bertz CT molecular complexity index is 648. The van der Waals surface area contributed by atoms with Gasteiger partial charge in [-0.25, -0.2) is 0 Å². The summed E-state index contributed by atoms with van der Waals surface area (Å²) in [6.45, 7) is 4.55. The van der Waals surface area contributed by atoms with Crippen molar-refractivity contribution >= 4 is 21.9 Å². The molecule has 0 aromatic heterocycles. The van der Waals surface area contributed by atoms with E-state index in [-0.39, 0.29) is 6.42 Å². The van der Waals surface area contributed by atoms with Gasteiger partial charge in [0.2, 0.25) is 0 Å². The summed E-state index contributed by atoms with van der Waals surface area (Å²) in [6.07, 6.45) is 0.0478. The fourth-order valence-electron chi connectivity index (χ4n) is 2.01. The molecule has 1 N–H and O–H groups in total. The van der Waals surface area contributed by atoms with E-state index in [1.165, 1.54) is 5.56 Å². The molecule has 2 rings (SSSR count). The summed E-state index contributed by atoms with van der Waals surface area (Å²) < 4.78 is 6.92. The number of halogens is 1. The first kappa shape index (κ1) is 15.6. The first-order valence-electron chi connectivity index (χ1n) is 6.65. The van der Waals surface area contributed by atoms with Crippen LogP contribution in [-0.4, -0.2) is 11.1 Å². The molecule has 0 spiro atoms. The summed E-state index contributed by atoms with van der Waals surface area (Å²) in [6, 6.07) is 11.4. The van der Waals surface area contributed by atoms with Gasteiger partial charge in [-0.3, -0.25) is 4.79 Å². The van der Waals surface area contributed by atoms with E-state index < -0.39 is 5.97 Å². The first-order valence-corrected chi connectivity index (χ1v) is 7.45. The van der Waals surface area contributed by atoms with Gasteiger partial charge in [0.25, 0.3) is 0 Å². The van der Waals surface area contributed by atoms with Crippen LogP contribution in [0, 0.1) is 13.8 Å². The molecule has 0 aliphatic heterocycles. The van der Waals surface area contributed by atoms with Gasteiger partial charge in [0.15, 0.2) is 0 Å². The van der Waals surface area contributed by atoms with Gasteiger partial charge < -0.3 is 9.84 Å². The van der Waals surface area contributed by atoms with Crippen LogP contribution in [0.2, 0.25) is 0 Å². The molecule has 0 aliphatic rings. The minimum Gasteiger partial charge on any atom is -0.489 e. The van der Waals surface area contributed by atoms with Crippen LogP contribution in [0.5, 0.6) is 5.75 Å². The lowest BCUT2D eigenvalue weighted by molar-refractivity contribution is -0.136. The van der Waals surface area contributed by atoms with E-state index in [1.807, 2.05) is 50.2 Å². The van der Waals surface area contributed by atoms with Crippen LogP contribution in [0.1, 0.15) is 22.3 Å². The van der Waals surface area contributed by atoms with Crippen molar-refractivity contribution in [2.75, 3.05) is 0 Å². The Balaban J connectivity index is 2.03. The lowest BCUT2D eigenvalue weighted by atomic mass is 10.1. The van der Waals surface area contributed by atoms with Gasteiger partial charge in [-0.15, -0.1) is 0 Å². The number of rotatable bonds is 5. The molecule has 0 saturated carbocycles. The Morgan fingerprint density at radius 1 is 1.05 bits per heavy atom. The molecule has 0 bridgehead atoms. The summed E-state index contributed by atoms with van der Waals surface area (Å²) in [5, 5.41) is 8.74. The highest BCUT2D eigenvalue weighted by atomic mass is 79.9. The second-order valence-electron chi connectivity index (χ2n) is 4.97. The van der Waals surface area contributed by atoms with Gasteiger partial charge in [-0.1, -0.05) is 40.2 Å². The van der Waals surface area contributed by atoms with Gasteiger partial charge in [0.05, 0.1) is 6.42 Å². The molecule has 4 heteroatoms. The number of ether oxygens (including phenoxy) is 1. The normalized spacial score (nSPS) is 10.4. The Labute approximate surface area is 132 Å².